The number of halogens is 2. The van der Waals surface area contributed by atoms with E-state index in [2.05, 4.69) is 22.1 Å². The molecule has 0 spiro atoms. The first-order valence-electron chi connectivity index (χ1n) is 9.62. The highest BCUT2D eigenvalue weighted by Crippen LogP contribution is 2.27. The molecule has 172 valence electrons. The maximum absolute atomic E-state index is 13.9. The molecule has 3 aromatic rings. The van der Waals surface area contributed by atoms with Gasteiger partial charge >= 0.3 is 0 Å². The fraction of sp³-hybridized carbons (Fsp3) is 0.190. The molecule has 2 aromatic carbocycles. The summed E-state index contributed by atoms with van der Waals surface area (Å²) in [6.45, 7) is 5.68. The summed E-state index contributed by atoms with van der Waals surface area (Å²) in [7, 11) is 0. The van der Waals surface area contributed by atoms with Gasteiger partial charge in [-0.2, -0.15) is 0 Å². The minimum Gasteiger partial charge on any atom is -0.480 e. The van der Waals surface area contributed by atoms with Crippen molar-refractivity contribution in [1.82, 2.24) is 14.8 Å². The van der Waals surface area contributed by atoms with Crippen molar-refractivity contribution in [2.24, 2.45) is 0 Å². The van der Waals surface area contributed by atoms with Crippen LogP contribution in [0.1, 0.15) is 18.9 Å². The van der Waals surface area contributed by atoms with Crippen LogP contribution in [0.3, 0.4) is 0 Å². The normalized spacial score (nSPS) is 11.6. The molecule has 0 saturated heterocycles. The summed E-state index contributed by atoms with van der Waals surface area (Å²) >= 11 is 1.02. The summed E-state index contributed by atoms with van der Waals surface area (Å²) in [6.07, 6.45) is 0.946. The minimum atomic E-state index is -0.796. The van der Waals surface area contributed by atoms with Gasteiger partial charge in [-0.1, -0.05) is 30.0 Å². The summed E-state index contributed by atoms with van der Waals surface area (Å²) < 4.78 is 35.1. The fourth-order valence-electron chi connectivity index (χ4n) is 2.83. The van der Waals surface area contributed by atoms with Crippen molar-refractivity contribution in [2.75, 3.05) is 11.1 Å². The lowest BCUT2D eigenvalue weighted by atomic mass is 10.2. The lowest BCUT2D eigenvalue weighted by Gasteiger charge is -2.16. The van der Waals surface area contributed by atoms with Crippen molar-refractivity contribution in [2.45, 2.75) is 24.7 Å². The number of benzene rings is 2. The number of rotatable bonds is 10. The van der Waals surface area contributed by atoms with Crippen molar-refractivity contribution in [3.63, 3.8) is 0 Å². The first kappa shape index (κ1) is 23.9. The molecule has 0 bridgehead atoms. The molecule has 0 aliphatic heterocycles. The first-order valence-corrected chi connectivity index (χ1v) is 10.6. The van der Waals surface area contributed by atoms with Gasteiger partial charge in [-0.25, -0.2) is 8.78 Å². The van der Waals surface area contributed by atoms with Gasteiger partial charge in [-0.05, 0) is 25.1 Å². The quantitative estimate of drug-likeness (QED) is 0.199. The van der Waals surface area contributed by atoms with Crippen LogP contribution in [0.25, 0.3) is 0 Å². The van der Waals surface area contributed by atoms with Crippen molar-refractivity contribution in [3.8, 4) is 5.75 Å². The smallest absolute Gasteiger partial charge is 0.271 e. The number of non-ortho nitro benzene ring substituents is 1. The zero-order valence-corrected chi connectivity index (χ0v) is 18.2. The van der Waals surface area contributed by atoms with E-state index in [0.29, 0.717) is 17.5 Å². The van der Waals surface area contributed by atoms with Crippen molar-refractivity contribution < 1.29 is 23.2 Å². The van der Waals surface area contributed by atoms with E-state index in [0.717, 1.165) is 30.0 Å². The molecule has 1 atom stereocenters. The number of anilines is 1. The van der Waals surface area contributed by atoms with Crippen molar-refractivity contribution in [3.05, 3.63) is 82.7 Å². The zero-order chi connectivity index (χ0) is 24.0. The predicted octanol–water partition coefficient (Wildman–Crippen LogP) is 4.52. The lowest BCUT2D eigenvalue weighted by Crippen LogP contribution is -2.16. The molecule has 1 heterocycles. The van der Waals surface area contributed by atoms with Crippen LogP contribution in [0, 0.1) is 21.7 Å². The van der Waals surface area contributed by atoms with Crippen LogP contribution in [-0.2, 0) is 11.3 Å². The van der Waals surface area contributed by atoms with Crippen LogP contribution in [0.15, 0.2) is 60.3 Å². The third-order valence-electron chi connectivity index (χ3n) is 4.33. The Labute approximate surface area is 191 Å². The summed E-state index contributed by atoms with van der Waals surface area (Å²) in [6, 6.07) is 8.82. The average Bonchev–Trinajstić information content (AvgIpc) is 3.18. The molecule has 0 saturated carbocycles. The Kier molecular flexibility index (Phi) is 7.72. The number of carbonyl (C=O) groups excluding carboxylic acids is 1. The Hall–Kier alpha value is -3.80. The van der Waals surface area contributed by atoms with Gasteiger partial charge in [0.1, 0.15) is 5.82 Å². The lowest BCUT2D eigenvalue weighted by molar-refractivity contribution is -0.384. The fourth-order valence-corrected chi connectivity index (χ4v) is 3.59. The van der Waals surface area contributed by atoms with E-state index < -0.39 is 28.6 Å². The number of nitro benzene ring substituents is 1. The number of hydrogen-bond acceptors (Lipinski definition) is 7. The summed E-state index contributed by atoms with van der Waals surface area (Å²) in [4.78, 5) is 22.5. The number of aromatic nitrogens is 3. The number of carbonyl (C=O) groups is 1. The maximum Gasteiger partial charge on any atom is 0.271 e. The van der Waals surface area contributed by atoms with Crippen LogP contribution < -0.4 is 10.1 Å². The number of thioether (sulfide) groups is 1. The molecule has 3 rings (SSSR count). The van der Waals surface area contributed by atoms with Gasteiger partial charge in [-0.3, -0.25) is 19.5 Å². The molecule has 1 N–H and O–H groups in total. The van der Waals surface area contributed by atoms with Crippen LogP contribution in [0.4, 0.5) is 20.2 Å². The summed E-state index contributed by atoms with van der Waals surface area (Å²) in [5.74, 6) is -1.62. The van der Waals surface area contributed by atoms with E-state index >= 15 is 0 Å². The second-order valence-electron chi connectivity index (χ2n) is 6.69. The molecule has 1 unspecified atom stereocenters. The van der Waals surface area contributed by atoms with E-state index in [1.165, 1.54) is 12.1 Å². The molecule has 0 radical (unpaired) electrons. The third kappa shape index (κ3) is 5.92. The Morgan fingerprint density at radius 1 is 1.30 bits per heavy atom. The molecule has 1 amide bonds. The van der Waals surface area contributed by atoms with E-state index in [1.807, 2.05) is 0 Å². The summed E-state index contributed by atoms with van der Waals surface area (Å²) in [5, 5.41) is 21.7. The monoisotopic (exact) mass is 475 g/mol. The van der Waals surface area contributed by atoms with E-state index in [4.69, 9.17) is 4.74 Å². The minimum absolute atomic E-state index is 0.0608. The first-order chi connectivity index (χ1) is 15.8. The maximum atomic E-state index is 13.9. The Morgan fingerprint density at radius 2 is 2.06 bits per heavy atom. The summed E-state index contributed by atoms with van der Waals surface area (Å²) in [5.41, 5.74) is -0.645. The van der Waals surface area contributed by atoms with Crippen LogP contribution in [0.5, 0.6) is 5.75 Å². The van der Waals surface area contributed by atoms with Crippen LogP contribution in [-0.4, -0.2) is 31.3 Å². The van der Waals surface area contributed by atoms with E-state index in [1.54, 1.807) is 29.7 Å². The number of nitrogens with one attached hydrogen (secondary N) is 1. The Bertz CT molecular complexity index is 1190. The number of allylic oxidation sites excluding steroid dienone is 1. The molecule has 0 aliphatic rings. The Balaban J connectivity index is 1.70. The van der Waals surface area contributed by atoms with E-state index in [-0.39, 0.29) is 22.9 Å². The third-order valence-corrected chi connectivity index (χ3v) is 5.30. The highest BCUT2D eigenvalue weighted by molar-refractivity contribution is 7.99. The van der Waals surface area contributed by atoms with Gasteiger partial charge in [-0.15, -0.1) is 16.8 Å². The van der Waals surface area contributed by atoms with Gasteiger partial charge in [0.15, 0.2) is 28.7 Å². The van der Waals surface area contributed by atoms with E-state index in [9.17, 15) is 23.7 Å². The standard InChI is InChI=1S/C21H19F2N5O4S/c1-3-10-27-20(13(2)32-18-7-5-4-6-16(18)23)25-26-21(27)33-12-19(29)24-17-11-14(28(30)31)8-9-15(17)22/h3-9,11,13H,1,10,12H2,2H3,(H,24,29). The molecular formula is C21H19F2N5O4S. The Morgan fingerprint density at radius 3 is 2.76 bits per heavy atom. The van der Waals surface area contributed by atoms with Crippen LogP contribution in [0.2, 0.25) is 0 Å². The molecular weight excluding hydrogens is 456 g/mol. The number of nitrogens with zero attached hydrogens (tertiary/aromatic N) is 4. The SMILES string of the molecule is C=CCn1c(SCC(=O)Nc2cc([N+](=O)[O-])ccc2F)nnc1C(C)Oc1ccccc1F. The van der Waals surface area contributed by atoms with Gasteiger partial charge in [0, 0.05) is 18.7 Å². The average molecular weight is 475 g/mol. The highest BCUT2D eigenvalue weighted by Gasteiger charge is 2.21. The second kappa shape index (κ2) is 10.7. The predicted molar refractivity (Wildman–Crippen MR) is 118 cm³/mol. The number of hydrogen-bond donors (Lipinski definition) is 1. The molecule has 1 aromatic heterocycles. The molecule has 9 nitrogen and oxygen atoms in total. The van der Waals surface area contributed by atoms with Gasteiger partial charge in [0.25, 0.3) is 5.69 Å². The molecule has 0 fully saturated rings. The number of ether oxygens (including phenoxy) is 1. The van der Waals surface area contributed by atoms with Crippen molar-refractivity contribution in [1.29, 1.82) is 0 Å². The van der Waals surface area contributed by atoms with Gasteiger partial charge < -0.3 is 10.1 Å². The number of nitro groups is 1. The van der Waals surface area contributed by atoms with Gasteiger partial charge in [0.05, 0.1) is 16.4 Å². The number of amides is 1. The molecule has 0 aliphatic carbocycles. The molecule has 33 heavy (non-hydrogen) atoms. The van der Waals surface area contributed by atoms with Crippen molar-refractivity contribution >= 4 is 29.0 Å². The largest absolute Gasteiger partial charge is 0.480 e. The highest BCUT2D eigenvalue weighted by atomic mass is 32.2. The second-order valence-corrected chi connectivity index (χ2v) is 7.63. The molecule has 12 heteroatoms. The van der Waals surface area contributed by atoms with Crippen LogP contribution >= 0.6 is 11.8 Å². The number of para-hydroxylation sites is 1. The topological polar surface area (TPSA) is 112 Å². The van der Waals surface area contributed by atoms with Gasteiger partial charge in [0.2, 0.25) is 5.91 Å². The zero-order valence-electron chi connectivity index (χ0n) is 17.4.